The van der Waals surface area contributed by atoms with E-state index in [-0.39, 0.29) is 5.82 Å². The SMILES string of the molecule is NCc1cccc(-c2nc3cc(F)ccc3o2)c1. The molecule has 2 aromatic carbocycles. The van der Waals surface area contributed by atoms with Crippen molar-refractivity contribution in [2.24, 2.45) is 5.73 Å². The number of oxazole rings is 1. The number of fused-ring (bicyclic) bond motifs is 1. The first kappa shape index (κ1) is 10.9. The third kappa shape index (κ3) is 1.87. The highest BCUT2D eigenvalue weighted by atomic mass is 19.1. The van der Waals surface area contributed by atoms with Crippen molar-refractivity contribution in [1.29, 1.82) is 0 Å². The minimum absolute atomic E-state index is 0.321. The molecule has 1 heterocycles. The maximum Gasteiger partial charge on any atom is 0.227 e. The minimum atomic E-state index is -0.321. The van der Waals surface area contributed by atoms with Gasteiger partial charge in [-0.1, -0.05) is 12.1 Å². The number of aromatic nitrogens is 1. The molecule has 0 fully saturated rings. The van der Waals surface area contributed by atoms with Crippen LogP contribution in [0.2, 0.25) is 0 Å². The smallest absolute Gasteiger partial charge is 0.227 e. The molecule has 0 radical (unpaired) electrons. The Morgan fingerprint density at radius 3 is 2.89 bits per heavy atom. The maximum absolute atomic E-state index is 13.1. The third-order valence-electron chi connectivity index (χ3n) is 2.76. The van der Waals surface area contributed by atoms with Crippen molar-refractivity contribution >= 4 is 11.1 Å². The topological polar surface area (TPSA) is 52.0 Å². The molecule has 18 heavy (non-hydrogen) atoms. The van der Waals surface area contributed by atoms with Crippen LogP contribution in [0.5, 0.6) is 0 Å². The molecule has 0 bridgehead atoms. The molecule has 0 aliphatic carbocycles. The highest BCUT2D eigenvalue weighted by Gasteiger charge is 2.09. The summed E-state index contributed by atoms with van der Waals surface area (Å²) in [7, 11) is 0. The van der Waals surface area contributed by atoms with Gasteiger partial charge < -0.3 is 10.2 Å². The van der Waals surface area contributed by atoms with E-state index in [0.717, 1.165) is 11.1 Å². The van der Waals surface area contributed by atoms with E-state index in [1.807, 2.05) is 24.3 Å². The molecule has 3 aromatic rings. The summed E-state index contributed by atoms with van der Waals surface area (Å²) in [5.41, 5.74) is 8.52. The van der Waals surface area contributed by atoms with E-state index in [1.165, 1.54) is 12.1 Å². The van der Waals surface area contributed by atoms with Gasteiger partial charge in [-0.3, -0.25) is 0 Å². The zero-order valence-electron chi connectivity index (χ0n) is 9.56. The number of hydrogen-bond acceptors (Lipinski definition) is 3. The van der Waals surface area contributed by atoms with Crippen LogP contribution in [-0.2, 0) is 6.54 Å². The fourth-order valence-electron chi connectivity index (χ4n) is 1.86. The normalized spacial score (nSPS) is 11.0. The van der Waals surface area contributed by atoms with Gasteiger partial charge in [-0.15, -0.1) is 0 Å². The second kappa shape index (κ2) is 4.23. The lowest BCUT2D eigenvalue weighted by Crippen LogP contribution is -1.95. The predicted molar refractivity (Wildman–Crippen MR) is 67.3 cm³/mol. The summed E-state index contributed by atoms with van der Waals surface area (Å²) in [4.78, 5) is 4.27. The van der Waals surface area contributed by atoms with Gasteiger partial charge in [0.1, 0.15) is 11.3 Å². The van der Waals surface area contributed by atoms with Crippen LogP contribution in [0, 0.1) is 5.82 Å². The average molecular weight is 242 g/mol. The monoisotopic (exact) mass is 242 g/mol. The van der Waals surface area contributed by atoms with E-state index >= 15 is 0 Å². The first-order valence-electron chi connectivity index (χ1n) is 5.62. The molecule has 1 aromatic heterocycles. The van der Waals surface area contributed by atoms with Gasteiger partial charge >= 0.3 is 0 Å². The molecule has 4 heteroatoms. The number of hydrogen-bond donors (Lipinski definition) is 1. The van der Waals surface area contributed by atoms with Gasteiger partial charge in [0.2, 0.25) is 5.89 Å². The van der Waals surface area contributed by atoms with Crippen molar-refractivity contribution in [2.75, 3.05) is 0 Å². The van der Waals surface area contributed by atoms with Gasteiger partial charge in [-0.2, -0.15) is 0 Å². The Hall–Kier alpha value is -2.20. The minimum Gasteiger partial charge on any atom is -0.436 e. The zero-order valence-corrected chi connectivity index (χ0v) is 9.56. The standard InChI is InChI=1S/C14H11FN2O/c15-11-4-5-13-12(7-11)17-14(18-13)10-3-1-2-9(6-10)8-16/h1-7H,8,16H2. The second-order valence-electron chi connectivity index (χ2n) is 4.04. The van der Waals surface area contributed by atoms with E-state index in [9.17, 15) is 4.39 Å². The highest BCUT2D eigenvalue weighted by Crippen LogP contribution is 2.25. The summed E-state index contributed by atoms with van der Waals surface area (Å²) in [6, 6.07) is 11.9. The number of nitrogens with zero attached hydrogens (tertiary/aromatic N) is 1. The Balaban J connectivity index is 2.13. The fourth-order valence-corrected chi connectivity index (χ4v) is 1.86. The quantitative estimate of drug-likeness (QED) is 0.751. The van der Waals surface area contributed by atoms with E-state index in [1.54, 1.807) is 6.07 Å². The first-order valence-corrected chi connectivity index (χ1v) is 5.62. The molecular formula is C14H11FN2O. The van der Waals surface area contributed by atoms with Crippen LogP contribution in [0.4, 0.5) is 4.39 Å². The Bertz CT molecular complexity index is 706. The number of nitrogens with two attached hydrogens (primary N) is 1. The first-order chi connectivity index (χ1) is 8.76. The van der Waals surface area contributed by atoms with Gasteiger partial charge in [0.25, 0.3) is 0 Å². The molecular weight excluding hydrogens is 231 g/mol. The van der Waals surface area contributed by atoms with Crippen LogP contribution >= 0.6 is 0 Å². The van der Waals surface area contributed by atoms with Crippen LogP contribution in [0.3, 0.4) is 0 Å². The van der Waals surface area contributed by atoms with Crippen molar-refractivity contribution in [3.8, 4) is 11.5 Å². The average Bonchev–Trinajstić information content (AvgIpc) is 2.81. The molecule has 0 aliphatic heterocycles. The van der Waals surface area contributed by atoms with Gasteiger partial charge in [-0.25, -0.2) is 9.37 Å². The van der Waals surface area contributed by atoms with Gasteiger partial charge in [0.05, 0.1) is 0 Å². The second-order valence-corrected chi connectivity index (χ2v) is 4.04. The van der Waals surface area contributed by atoms with Crippen LogP contribution in [-0.4, -0.2) is 4.98 Å². The van der Waals surface area contributed by atoms with Gasteiger partial charge in [0.15, 0.2) is 5.58 Å². The molecule has 0 unspecified atom stereocenters. The van der Waals surface area contributed by atoms with Crippen molar-refractivity contribution in [3.05, 3.63) is 53.8 Å². The summed E-state index contributed by atoms with van der Waals surface area (Å²) in [6.07, 6.45) is 0. The number of halogens is 1. The van der Waals surface area contributed by atoms with E-state index in [4.69, 9.17) is 10.2 Å². The summed E-state index contributed by atoms with van der Waals surface area (Å²) < 4.78 is 18.7. The molecule has 2 N–H and O–H groups in total. The lowest BCUT2D eigenvalue weighted by atomic mass is 10.1. The molecule has 0 spiro atoms. The molecule has 0 aliphatic rings. The summed E-state index contributed by atoms with van der Waals surface area (Å²) in [5, 5.41) is 0. The Morgan fingerprint density at radius 1 is 1.17 bits per heavy atom. The molecule has 0 saturated heterocycles. The maximum atomic E-state index is 13.1. The van der Waals surface area contributed by atoms with Gasteiger partial charge in [0, 0.05) is 18.2 Å². The predicted octanol–water partition coefficient (Wildman–Crippen LogP) is 3.09. The fraction of sp³-hybridized carbons (Fsp3) is 0.0714. The molecule has 0 saturated carbocycles. The van der Waals surface area contributed by atoms with Crippen molar-refractivity contribution in [2.45, 2.75) is 6.54 Å². The summed E-state index contributed by atoms with van der Waals surface area (Å²) >= 11 is 0. The highest BCUT2D eigenvalue weighted by molar-refractivity contribution is 5.76. The van der Waals surface area contributed by atoms with E-state index in [0.29, 0.717) is 23.5 Å². The Morgan fingerprint density at radius 2 is 2.06 bits per heavy atom. The Kier molecular flexibility index (Phi) is 2.57. The molecule has 3 nitrogen and oxygen atoms in total. The molecule has 3 rings (SSSR count). The van der Waals surface area contributed by atoms with Crippen LogP contribution in [0.1, 0.15) is 5.56 Å². The lowest BCUT2D eigenvalue weighted by Gasteiger charge is -1.98. The van der Waals surface area contributed by atoms with Crippen molar-refractivity contribution < 1.29 is 8.81 Å². The van der Waals surface area contributed by atoms with Gasteiger partial charge in [-0.05, 0) is 29.8 Å². The van der Waals surface area contributed by atoms with Crippen LogP contribution in [0.15, 0.2) is 46.9 Å². The third-order valence-corrected chi connectivity index (χ3v) is 2.76. The summed E-state index contributed by atoms with van der Waals surface area (Å²) in [5.74, 6) is 0.156. The van der Waals surface area contributed by atoms with Crippen LogP contribution in [0.25, 0.3) is 22.6 Å². The largest absolute Gasteiger partial charge is 0.436 e. The molecule has 0 atom stereocenters. The van der Waals surface area contributed by atoms with Crippen molar-refractivity contribution in [3.63, 3.8) is 0 Å². The van der Waals surface area contributed by atoms with Crippen molar-refractivity contribution in [1.82, 2.24) is 4.98 Å². The van der Waals surface area contributed by atoms with E-state index in [2.05, 4.69) is 4.98 Å². The zero-order chi connectivity index (χ0) is 12.5. The number of benzene rings is 2. The number of rotatable bonds is 2. The lowest BCUT2D eigenvalue weighted by molar-refractivity contribution is 0.614. The van der Waals surface area contributed by atoms with Crippen LogP contribution < -0.4 is 5.73 Å². The summed E-state index contributed by atoms with van der Waals surface area (Å²) in [6.45, 7) is 0.461. The Labute approximate surface area is 103 Å². The molecule has 90 valence electrons. The molecule has 0 amide bonds. The van der Waals surface area contributed by atoms with E-state index < -0.39 is 0 Å².